The van der Waals surface area contributed by atoms with E-state index in [1.54, 1.807) is 6.20 Å². The van der Waals surface area contributed by atoms with E-state index in [0.29, 0.717) is 5.82 Å². The van der Waals surface area contributed by atoms with Gasteiger partial charge in [-0.3, -0.25) is 14.9 Å². The van der Waals surface area contributed by atoms with Crippen LogP contribution in [0.2, 0.25) is 0 Å². The van der Waals surface area contributed by atoms with Crippen molar-refractivity contribution in [3.63, 3.8) is 0 Å². The number of amides is 1. The van der Waals surface area contributed by atoms with Crippen molar-refractivity contribution < 1.29 is 4.79 Å². The van der Waals surface area contributed by atoms with Crippen LogP contribution in [0.15, 0.2) is 60.8 Å². The number of nitrogens with zero attached hydrogens (tertiary/aromatic N) is 2. The Hall–Kier alpha value is -3.47. The first-order chi connectivity index (χ1) is 14.2. The Morgan fingerprint density at radius 2 is 1.79 bits per heavy atom. The van der Waals surface area contributed by atoms with Crippen molar-refractivity contribution in [2.75, 3.05) is 5.32 Å². The maximum Gasteiger partial charge on any atom is 0.229 e. The average molecular weight is 382 g/mol. The fraction of sp³-hybridized carbons (Fsp3) is 0.208. The molecule has 2 aromatic heterocycles. The number of H-pyrrole nitrogens is 1. The van der Waals surface area contributed by atoms with Gasteiger partial charge in [0.2, 0.25) is 5.91 Å². The number of pyridine rings is 1. The van der Waals surface area contributed by atoms with Crippen LogP contribution in [-0.4, -0.2) is 21.1 Å². The fourth-order valence-electron chi connectivity index (χ4n) is 4.10. The summed E-state index contributed by atoms with van der Waals surface area (Å²) in [6, 6.07) is 18.6. The van der Waals surface area contributed by atoms with Crippen molar-refractivity contribution in [3.8, 4) is 11.3 Å². The molecule has 0 atom stereocenters. The lowest BCUT2D eigenvalue weighted by molar-refractivity contribution is -0.119. The van der Waals surface area contributed by atoms with Crippen LogP contribution < -0.4 is 5.32 Å². The molecule has 2 N–H and O–H groups in total. The SMILES string of the molecule is CCc1cc(-c2cc(NC(=O)C3Cc4cc5ccccc5cc4C3)n[nH]2)ccn1. The van der Waals surface area contributed by atoms with Gasteiger partial charge in [0, 0.05) is 29.4 Å². The van der Waals surface area contributed by atoms with Crippen LogP contribution in [-0.2, 0) is 24.1 Å². The molecule has 2 heterocycles. The molecule has 144 valence electrons. The lowest BCUT2D eigenvalue weighted by Gasteiger charge is -2.07. The Morgan fingerprint density at radius 1 is 1.07 bits per heavy atom. The molecule has 5 rings (SSSR count). The topological polar surface area (TPSA) is 70.7 Å². The van der Waals surface area contributed by atoms with Gasteiger partial charge in [0.25, 0.3) is 0 Å². The Balaban J connectivity index is 1.31. The van der Waals surface area contributed by atoms with Gasteiger partial charge in [-0.2, -0.15) is 5.10 Å². The molecular formula is C24H22N4O. The molecule has 5 heteroatoms. The van der Waals surface area contributed by atoms with Crippen LogP contribution in [0.1, 0.15) is 23.7 Å². The van der Waals surface area contributed by atoms with E-state index < -0.39 is 0 Å². The van der Waals surface area contributed by atoms with E-state index in [4.69, 9.17) is 0 Å². The Bertz CT molecular complexity index is 1170. The largest absolute Gasteiger partial charge is 0.309 e. The van der Waals surface area contributed by atoms with Crippen LogP contribution in [0.5, 0.6) is 0 Å². The van der Waals surface area contributed by atoms with E-state index in [-0.39, 0.29) is 11.8 Å². The highest BCUT2D eigenvalue weighted by molar-refractivity contribution is 5.94. The summed E-state index contributed by atoms with van der Waals surface area (Å²) in [5.74, 6) is 0.517. The molecule has 0 fully saturated rings. The van der Waals surface area contributed by atoms with Gasteiger partial charge < -0.3 is 5.32 Å². The number of fused-ring (bicyclic) bond motifs is 2. The van der Waals surface area contributed by atoms with E-state index in [9.17, 15) is 4.79 Å². The fourth-order valence-corrected chi connectivity index (χ4v) is 4.10. The van der Waals surface area contributed by atoms with Gasteiger partial charge in [0.15, 0.2) is 5.82 Å². The van der Waals surface area contributed by atoms with E-state index in [2.05, 4.69) is 63.8 Å². The summed E-state index contributed by atoms with van der Waals surface area (Å²) < 4.78 is 0. The molecule has 0 spiro atoms. The van der Waals surface area contributed by atoms with Gasteiger partial charge in [0.1, 0.15) is 0 Å². The van der Waals surface area contributed by atoms with Gasteiger partial charge >= 0.3 is 0 Å². The van der Waals surface area contributed by atoms with E-state index in [1.165, 1.54) is 21.9 Å². The molecular weight excluding hydrogens is 360 g/mol. The van der Waals surface area contributed by atoms with Crippen molar-refractivity contribution in [3.05, 3.63) is 77.6 Å². The molecule has 0 radical (unpaired) electrons. The molecule has 29 heavy (non-hydrogen) atoms. The number of carbonyl (C=O) groups is 1. The molecule has 0 aliphatic heterocycles. The summed E-state index contributed by atoms with van der Waals surface area (Å²) in [6.45, 7) is 2.08. The van der Waals surface area contributed by atoms with E-state index in [0.717, 1.165) is 36.2 Å². The second kappa shape index (κ2) is 7.17. The molecule has 0 bridgehead atoms. The minimum absolute atomic E-state index is 0.0206. The molecule has 4 aromatic rings. The zero-order chi connectivity index (χ0) is 19.8. The number of carbonyl (C=O) groups excluding carboxylic acids is 1. The van der Waals surface area contributed by atoms with Crippen LogP contribution in [0, 0.1) is 5.92 Å². The highest BCUT2D eigenvalue weighted by Gasteiger charge is 2.28. The van der Waals surface area contributed by atoms with Gasteiger partial charge in [0.05, 0.1) is 5.69 Å². The van der Waals surface area contributed by atoms with Crippen molar-refractivity contribution >= 4 is 22.5 Å². The number of hydrogen-bond donors (Lipinski definition) is 2. The van der Waals surface area contributed by atoms with Crippen LogP contribution >= 0.6 is 0 Å². The normalized spacial score (nSPS) is 13.6. The third-order valence-electron chi connectivity index (χ3n) is 5.69. The summed E-state index contributed by atoms with van der Waals surface area (Å²) in [5.41, 5.74) is 5.47. The minimum atomic E-state index is -0.0606. The zero-order valence-electron chi connectivity index (χ0n) is 16.3. The number of anilines is 1. The number of aryl methyl sites for hydroxylation is 1. The maximum absolute atomic E-state index is 12.8. The lowest BCUT2D eigenvalue weighted by Crippen LogP contribution is -2.23. The highest BCUT2D eigenvalue weighted by Crippen LogP contribution is 2.31. The van der Waals surface area contributed by atoms with Crippen molar-refractivity contribution in [2.24, 2.45) is 5.92 Å². The van der Waals surface area contributed by atoms with Gasteiger partial charge in [-0.1, -0.05) is 43.3 Å². The van der Waals surface area contributed by atoms with E-state index in [1.807, 2.05) is 18.2 Å². The summed E-state index contributed by atoms with van der Waals surface area (Å²) in [4.78, 5) is 17.2. The minimum Gasteiger partial charge on any atom is -0.309 e. The second-order valence-corrected chi connectivity index (χ2v) is 7.62. The third-order valence-corrected chi connectivity index (χ3v) is 5.69. The summed E-state index contributed by atoms with van der Waals surface area (Å²) in [7, 11) is 0. The maximum atomic E-state index is 12.8. The molecule has 0 saturated heterocycles. The number of benzene rings is 2. The Labute approximate surface area is 169 Å². The van der Waals surface area contributed by atoms with Crippen LogP contribution in [0.4, 0.5) is 5.82 Å². The molecule has 1 aliphatic rings. The molecule has 5 nitrogen and oxygen atoms in total. The predicted octanol–water partition coefficient (Wildman–Crippen LogP) is 4.54. The summed E-state index contributed by atoms with van der Waals surface area (Å²) in [5, 5.41) is 12.7. The predicted molar refractivity (Wildman–Crippen MR) is 115 cm³/mol. The second-order valence-electron chi connectivity index (χ2n) is 7.62. The van der Waals surface area contributed by atoms with Crippen molar-refractivity contribution in [2.45, 2.75) is 26.2 Å². The van der Waals surface area contributed by atoms with Crippen molar-refractivity contribution in [1.82, 2.24) is 15.2 Å². The first-order valence-electron chi connectivity index (χ1n) is 10.0. The Morgan fingerprint density at radius 3 is 2.48 bits per heavy atom. The summed E-state index contributed by atoms with van der Waals surface area (Å²) >= 11 is 0. The van der Waals surface area contributed by atoms with Gasteiger partial charge in [-0.25, -0.2) is 0 Å². The smallest absolute Gasteiger partial charge is 0.229 e. The number of aromatic amines is 1. The molecule has 0 saturated carbocycles. The number of aromatic nitrogens is 3. The number of rotatable bonds is 4. The van der Waals surface area contributed by atoms with Crippen molar-refractivity contribution in [1.29, 1.82) is 0 Å². The average Bonchev–Trinajstić information content (AvgIpc) is 3.38. The van der Waals surface area contributed by atoms with Gasteiger partial charge in [-0.05, 0) is 53.3 Å². The Kier molecular flexibility index (Phi) is 4.35. The highest BCUT2D eigenvalue weighted by atomic mass is 16.2. The zero-order valence-corrected chi connectivity index (χ0v) is 16.3. The molecule has 1 aliphatic carbocycles. The monoisotopic (exact) mass is 382 g/mol. The van der Waals surface area contributed by atoms with Crippen LogP contribution in [0.3, 0.4) is 0 Å². The first-order valence-corrected chi connectivity index (χ1v) is 10.0. The van der Waals surface area contributed by atoms with E-state index >= 15 is 0 Å². The summed E-state index contributed by atoms with van der Waals surface area (Å²) in [6.07, 6.45) is 4.22. The van der Waals surface area contributed by atoms with Crippen LogP contribution in [0.25, 0.3) is 22.0 Å². The quantitative estimate of drug-likeness (QED) is 0.544. The van der Waals surface area contributed by atoms with Gasteiger partial charge in [-0.15, -0.1) is 0 Å². The standard InChI is InChI=1S/C24H22N4O/c1-2-21-13-17(7-8-25-21)22-14-23(28-27-22)26-24(29)20-11-18-9-15-5-3-4-6-16(15)10-19(18)12-20/h3-10,13-14,20H,2,11-12H2,1H3,(H2,26,27,28,29). The molecule has 2 aromatic carbocycles. The molecule has 1 amide bonds. The first kappa shape index (κ1) is 17.6. The third kappa shape index (κ3) is 3.40. The number of hydrogen-bond acceptors (Lipinski definition) is 3. The lowest BCUT2D eigenvalue weighted by atomic mass is 10.0. The molecule has 0 unspecified atom stereocenters. The number of nitrogens with one attached hydrogen (secondary N) is 2.